The molecule has 0 aliphatic heterocycles. The van der Waals surface area contributed by atoms with Crippen molar-refractivity contribution in [2.24, 2.45) is 0 Å². The second-order valence-corrected chi connectivity index (χ2v) is 4.67. The molecule has 0 bridgehead atoms. The molecule has 1 amide bonds. The number of anilines is 1. The second-order valence-electron chi connectivity index (χ2n) is 4.67. The number of benzene rings is 2. The summed E-state index contributed by atoms with van der Waals surface area (Å²) < 4.78 is 37.2. The van der Waals surface area contributed by atoms with Crippen molar-refractivity contribution in [2.45, 2.75) is 6.92 Å². The molecule has 0 saturated carbocycles. The van der Waals surface area contributed by atoms with E-state index in [1.165, 1.54) is 18.2 Å². The average Bonchev–Trinajstić information content (AvgIpc) is 2.57. The number of hydrogen-bond donors (Lipinski definition) is 1. The topological polar surface area (TPSA) is 71.3 Å². The minimum atomic E-state index is -0.752. The van der Waals surface area contributed by atoms with Crippen LogP contribution in [0.1, 0.15) is 12.5 Å². The van der Waals surface area contributed by atoms with Crippen LogP contribution in [0.2, 0.25) is 0 Å². The van der Waals surface area contributed by atoms with Gasteiger partial charge in [-0.3, -0.25) is 4.79 Å². The van der Waals surface area contributed by atoms with Crippen LogP contribution in [-0.4, -0.2) is 19.1 Å². The zero-order valence-corrected chi connectivity index (χ0v) is 12.8. The second kappa shape index (κ2) is 7.92. The van der Waals surface area contributed by atoms with Crippen LogP contribution in [0.3, 0.4) is 0 Å². The number of carbonyl (C=O) groups is 1. The summed E-state index contributed by atoms with van der Waals surface area (Å²) in [6.07, 6.45) is 0. The van der Waals surface area contributed by atoms with Gasteiger partial charge >= 0.3 is 0 Å². The summed E-state index contributed by atoms with van der Waals surface area (Å²) in [5.41, 5.74) is 0.116. The lowest BCUT2D eigenvalue weighted by Gasteiger charge is -2.12. The molecule has 0 saturated heterocycles. The molecule has 7 heteroatoms. The molecule has 1 N–H and O–H groups in total. The first kappa shape index (κ1) is 17.2. The summed E-state index contributed by atoms with van der Waals surface area (Å²) in [6, 6.07) is 9.22. The van der Waals surface area contributed by atoms with E-state index >= 15 is 0 Å². The molecule has 0 unspecified atom stereocenters. The van der Waals surface area contributed by atoms with Crippen molar-refractivity contribution in [2.75, 3.05) is 18.5 Å². The molecule has 24 heavy (non-hydrogen) atoms. The molecule has 0 spiro atoms. The molecule has 2 aromatic rings. The summed E-state index contributed by atoms with van der Waals surface area (Å²) in [5, 5.41) is 11.1. The van der Waals surface area contributed by atoms with Gasteiger partial charge in [-0.1, -0.05) is 0 Å². The molecular formula is C17H14F2N2O3. The van der Waals surface area contributed by atoms with Crippen LogP contribution >= 0.6 is 0 Å². The van der Waals surface area contributed by atoms with E-state index < -0.39 is 24.1 Å². The third kappa shape index (κ3) is 4.43. The summed E-state index contributed by atoms with van der Waals surface area (Å²) in [7, 11) is 0. The summed E-state index contributed by atoms with van der Waals surface area (Å²) in [4.78, 5) is 11.8. The maximum atomic E-state index is 13.5. The third-order valence-corrected chi connectivity index (χ3v) is 2.93. The van der Waals surface area contributed by atoms with Gasteiger partial charge < -0.3 is 14.8 Å². The average molecular weight is 332 g/mol. The Labute approximate surface area is 137 Å². The third-order valence-electron chi connectivity index (χ3n) is 2.93. The van der Waals surface area contributed by atoms with Gasteiger partial charge in [0.05, 0.1) is 23.9 Å². The highest BCUT2D eigenvalue weighted by Gasteiger charge is 2.11. The number of nitriles is 1. The van der Waals surface area contributed by atoms with Crippen LogP contribution in [0.25, 0.3) is 0 Å². The fraction of sp³-hybridized carbons (Fsp3) is 0.176. The molecule has 0 radical (unpaired) electrons. The smallest absolute Gasteiger partial charge is 0.262 e. The van der Waals surface area contributed by atoms with Crippen molar-refractivity contribution >= 4 is 11.6 Å². The Balaban J connectivity index is 2.03. The summed E-state index contributed by atoms with van der Waals surface area (Å²) >= 11 is 0. The molecule has 124 valence electrons. The Morgan fingerprint density at radius 2 is 1.96 bits per heavy atom. The van der Waals surface area contributed by atoms with Gasteiger partial charge in [0.2, 0.25) is 0 Å². The molecule has 0 aliphatic rings. The predicted molar refractivity (Wildman–Crippen MR) is 82.8 cm³/mol. The summed E-state index contributed by atoms with van der Waals surface area (Å²) in [6.45, 7) is 1.69. The number of nitrogens with one attached hydrogen (secondary N) is 1. The van der Waals surface area contributed by atoms with E-state index in [0.29, 0.717) is 17.9 Å². The van der Waals surface area contributed by atoms with Crippen molar-refractivity contribution in [3.63, 3.8) is 0 Å². The molecule has 0 atom stereocenters. The summed E-state index contributed by atoms with van der Waals surface area (Å²) in [5.74, 6) is -1.49. The largest absolute Gasteiger partial charge is 0.490 e. The maximum Gasteiger partial charge on any atom is 0.262 e. The van der Waals surface area contributed by atoms with Gasteiger partial charge in [-0.05, 0) is 31.2 Å². The lowest BCUT2D eigenvalue weighted by atomic mass is 10.2. The number of nitrogens with zero attached hydrogens (tertiary/aromatic N) is 1. The van der Waals surface area contributed by atoms with E-state index in [4.69, 9.17) is 14.7 Å². The fourth-order valence-electron chi connectivity index (χ4n) is 1.89. The van der Waals surface area contributed by atoms with Crippen molar-refractivity contribution in [1.82, 2.24) is 0 Å². The highest BCUT2D eigenvalue weighted by atomic mass is 19.1. The van der Waals surface area contributed by atoms with Crippen molar-refractivity contribution < 1.29 is 23.0 Å². The van der Waals surface area contributed by atoms with Crippen LogP contribution < -0.4 is 14.8 Å². The van der Waals surface area contributed by atoms with E-state index in [0.717, 1.165) is 18.2 Å². The van der Waals surface area contributed by atoms with Crippen LogP contribution in [0.4, 0.5) is 14.5 Å². The van der Waals surface area contributed by atoms with Gasteiger partial charge in [0.15, 0.2) is 18.1 Å². The van der Waals surface area contributed by atoms with Crippen molar-refractivity contribution in [3.05, 3.63) is 53.6 Å². The highest BCUT2D eigenvalue weighted by Crippen LogP contribution is 2.28. The molecule has 2 rings (SSSR count). The van der Waals surface area contributed by atoms with Gasteiger partial charge in [-0.25, -0.2) is 8.78 Å². The highest BCUT2D eigenvalue weighted by molar-refractivity contribution is 5.92. The molecule has 0 fully saturated rings. The SMILES string of the molecule is CCOc1cc(C#N)ccc1OCC(=O)Nc1cc(F)ccc1F. The van der Waals surface area contributed by atoms with Crippen LogP contribution in [0.15, 0.2) is 36.4 Å². The van der Waals surface area contributed by atoms with E-state index in [-0.39, 0.29) is 11.4 Å². The lowest BCUT2D eigenvalue weighted by Crippen LogP contribution is -2.21. The first-order chi connectivity index (χ1) is 11.5. The van der Waals surface area contributed by atoms with Crippen molar-refractivity contribution in [3.8, 4) is 17.6 Å². The lowest BCUT2D eigenvalue weighted by molar-refractivity contribution is -0.118. The zero-order chi connectivity index (χ0) is 17.5. The number of rotatable bonds is 6. The monoisotopic (exact) mass is 332 g/mol. The van der Waals surface area contributed by atoms with Crippen LogP contribution in [0.5, 0.6) is 11.5 Å². The Bertz CT molecular complexity index is 788. The Morgan fingerprint density at radius 3 is 2.67 bits per heavy atom. The molecule has 5 nitrogen and oxygen atoms in total. The van der Waals surface area contributed by atoms with E-state index in [9.17, 15) is 13.6 Å². The van der Waals surface area contributed by atoms with Gasteiger partial charge in [0.25, 0.3) is 5.91 Å². The number of hydrogen-bond acceptors (Lipinski definition) is 4. The van der Waals surface area contributed by atoms with Crippen LogP contribution in [-0.2, 0) is 4.79 Å². The first-order valence-electron chi connectivity index (χ1n) is 7.08. The quantitative estimate of drug-likeness (QED) is 0.881. The number of amides is 1. The van der Waals surface area contributed by atoms with Crippen LogP contribution in [0, 0.1) is 23.0 Å². The predicted octanol–water partition coefficient (Wildman–Crippen LogP) is 3.25. The van der Waals surface area contributed by atoms with Gasteiger partial charge in [0.1, 0.15) is 11.6 Å². The molecule has 2 aromatic carbocycles. The van der Waals surface area contributed by atoms with Crippen molar-refractivity contribution in [1.29, 1.82) is 5.26 Å². The number of halogens is 2. The fourth-order valence-corrected chi connectivity index (χ4v) is 1.89. The normalized spacial score (nSPS) is 9.92. The standard InChI is InChI=1S/C17H14F2N2O3/c1-2-23-16-7-11(9-20)3-6-15(16)24-10-17(22)21-14-8-12(18)4-5-13(14)19/h3-8H,2,10H2,1H3,(H,21,22). The minimum Gasteiger partial charge on any atom is -0.490 e. The molecule has 0 aromatic heterocycles. The molecular weight excluding hydrogens is 318 g/mol. The minimum absolute atomic E-state index is 0.269. The zero-order valence-electron chi connectivity index (χ0n) is 12.8. The number of carbonyl (C=O) groups excluding carboxylic acids is 1. The van der Waals surface area contributed by atoms with Gasteiger partial charge in [-0.2, -0.15) is 5.26 Å². The molecule has 0 heterocycles. The Hall–Kier alpha value is -3.14. The molecule has 0 aliphatic carbocycles. The van der Waals surface area contributed by atoms with E-state index in [1.54, 1.807) is 6.92 Å². The van der Waals surface area contributed by atoms with E-state index in [2.05, 4.69) is 5.32 Å². The van der Waals surface area contributed by atoms with E-state index in [1.807, 2.05) is 6.07 Å². The Morgan fingerprint density at radius 1 is 1.17 bits per heavy atom. The number of ether oxygens (including phenoxy) is 2. The Kier molecular flexibility index (Phi) is 5.68. The van der Waals surface area contributed by atoms with Gasteiger partial charge in [0, 0.05) is 12.1 Å². The maximum absolute atomic E-state index is 13.5. The van der Waals surface area contributed by atoms with Gasteiger partial charge in [-0.15, -0.1) is 0 Å². The first-order valence-corrected chi connectivity index (χ1v) is 7.08.